The second kappa shape index (κ2) is 10.4. The molecule has 0 aliphatic rings. The number of hydrogen-bond acceptors (Lipinski definition) is 4. The lowest BCUT2D eigenvalue weighted by Gasteiger charge is -2.10. The van der Waals surface area contributed by atoms with Crippen LogP contribution in [-0.4, -0.2) is 22.4 Å². The van der Waals surface area contributed by atoms with Crippen LogP contribution in [0, 0.1) is 6.92 Å². The lowest BCUT2D eigenvalue weighted by atomic mass is 10.1. The summed E-state index contributed by atoms with van der Waals surface area (Å²) >= 11 is 0. The Balaban J connectivity index is 1.36. The molecular weight excluding hydrogens is 396 g/mol. The standard InChI is InChI=1S/C27H26N4O/c1-20-8-5-12-22(16-20)25-18-26(30-19-29-25)31-24-14-6-13-23(17-24)27(32)28-15-7-11-21-9-3-2-4-10-21/h2-6,8-10,12-14,16-19H,7,11,15H2,1H3,(H,28,32)(H,29,30,31). The van der Waals surface area contributed by atoms with Gasteiger partial charge in [0, 0.05) is 29.4 Å². The highest BCUT2D eigenvalue weighted by Gasteiger charge is 2.07. The lowest BCUT2D eigenvalue weighted by Crippen LogP contribution is -2.24. The van der Waals surface area contributed by atoms with Crippen molar-refractivity contribution in [3.8, 4) is 11.3 Å². The van der Waals surface area contributed by atoms with Crippen LogP contribution in [0.2, 0.25) is 0 Å². The molecule has 3 aromatic carbocycles. The molecule has 2 N–H and O–H groups in total. The number of carbonyl (C=O) groups excluding carboxylic acids is 1. The molecule has 1 aromatic heterocycles. The first-order valence-corrected chi connectivity index (χ1v) is 10.8. The number of anilines is 2. The van der Waals surface area contributed by atoms with E-state index in [1.807, 2.05) is 60.7 Å². The number of aryl methyl sites for hydroxylation is 2. The number of nitrogens with zero attached hydrogens (tertiary/aromatic N) is 2. The van der Waals surface area contributed by atoms with Gasteiger partial charge in [0.15, 0.2) is 0 Å². The quantitative estimate of drug-likeness (QED) is 0.365. The second-order valence-corrected chi connectivity index (χ2v) is 7.71. The number of benzene rings is 3. The smallest absolute Gasteiger partial charge is 0.251 e. The molecule has 5 nitrogen and oxygen atoms in total. The summed E-state index contributed by atoms with van der Waals surface area (Å²) in [4.78, 5) is 21.3. The SMILES string of the molecule is Cc1cccc(-c2cc(Nc3cccc(C(=O)NCCCc4ccccc4)c3)ncn2)c1. The van der Waals surface area contributed by atoms with Crippen LogP contribution < -0.4 is 10.6 Å². The van der Waals surface area contributed by atoms with Crippen molar-refractivity contribution in [2.24, 2.45) is 0 Å². The molecule has 0 spiro atoms. The zero-order valence-electron chi connectivity index (χ0n) is 18.1. The number of nitrogens with one attached hydrogen (secondary N) is 2. The van der Waals surface area contributed by atoms with Crippen molar-refractivity contribution in [3.63, 3.8) is 0 Å². The fourth-order valence-corrected chi connectivity index (χ4v) is 3.52. The van der Waals surface area contributed by atoms with Crippen molar-refractivity contribution in [2.45, 2.75) is 19.8 Å². The van der Waals surface area contributed by atoms with Gasteiger partial charge in [-0.05, 0) is 49.6 Å². The minimum absolute atomic E-state index is 0.0788. The molecule has 1 amide bonds. The molecule has 0 saturated carbocycles. The highest BCUT2D eigenvalue weighted by molar-refractivity contribution is 5.95. The van der Waals surface area contributed by atoms with Crippen molar-refractivity contribution < 1.29 is 4.79 Å². The molecular formula is C27H26N4O. The Labute approximate surface area is 188 Å². The Morgan fingerprint density at radius 2 is 1.72 bits per heavy atom. The summed E-state index contributed by atoms with van der Waals surface area (Å²) in [5.74, 6) is 0.599. The molecule has 5 heteroatoms. The van der Waals surface area contributed by atoms with Gasteiger partial charge in [0.25, 0.3) is 5.91 Å². The second-order valence-electron chi connectivity index (χ2n) is 7.71. The van der Waals surface area contributed by atoms with Gasteiger partial charge in [0.2, 0.25) is 0 Å². The van der Waals surface area contributed by atoms with E-state index in [4.69, 9.17) is 0 Å². The Morgan fingerprint density at radius 3 is 2.56 bits per heavy atom. The van der Waals surface area contributed by atoms with Gasteiger partial charge in [0.05, 0.1) is 5.69 Å². The van der Waals surface area contributed by atoms with Gasteiger partial charge in [-0.2, -0.15) is 0 Å². The topological polar surface area (TPSA) is 66.9 Å². The molecule has 0 fully saturated rings. The van der Waals surface area contributed by atoms with Gasteiger partial charge in [-0.25, -0.2) is 9.97 Å². The van der Waals surface area contributed by atoms with Crippen LogP contribution in [0.15, 0.2) is 91.3 Å². The van der Waals surface area contributed by atoms with Gasteiger partial charge < -0.3 is 10.6 Å². The van der Waals surface area contributed by atoms with E-state index in [1.54, 1.807) is 6.33 Å². The summed E-state index contributed by atoms with van der Waals surface area (Å²) in [6.07, 6.45) is 3.39. The van der Waals surface area contributed by atoms with Crippen molar-refractivity contribution in [3.05, 3.63) is 108 Å². The normalized spacial score (nSPS) is 10.5. The minimum atomic E-state index is -0.0788. The van der Waals surface area contributed by atoms with Crippen LogP contribution in [0.4, 0.5) is 11.5 Å². The van der Waals surface area contributed by atoms with Crippen molar-refractivity contribution in [1.82, 2.24) is 15.3 Å². The Hall–Kier alpha value is -3.99. The highest BCUT2D eigenvalue weighted by atomic mass is 16.1. The molecule has 0 atom stereocenters. The first kappa shape index (κ1) is 21.2. The van der Waals surface area contributed by atoms with Crippen LogP contribution in [-0.2, 0) is 6.42 Å². The van der Waals surface area contributed by atoms with Crippen LogP contribution in [0.5, 0.6) is 0 Å². The Bertz CT molecular complexity index is 1190. The minimum Gasteiger partial charge on any atom is -0.352 e. The molecule has 1 heterocycles. The van der Waals surface area contributed by atoms with E-state index in [9.17, 15) is 4.79 Å². The summed E-state index contributed by atoms with van der Waals surface area (Å²) in [5.41, 5.74) is 5.76. The Kier molecular flexibility index (Phi) is 6.88. The van der Waals surface area contributed by atoms with Gasteiger partial charge in [-0.1, -0.05) is 60.2 Å². The molecule has 0 aliphatic heterocycles. The molecule has 4 aromatic rings. The first-order chi connectivity index (χ1) is 15.7. The van der Waals surface area contributed by atoms with E-state index in [2.05, 4.69) is 51.8 Å². The largest absolute Gasteiger partial charge is 0.352 e. The maximum atomic E-state index is 12.6. The molecule has 32 heavy (non-hydrogen) atoms. The number of carbonyl (C=O) groups is 1. The average Bonchev–Trinajstić information content (AvgIpc) is 2.83. The van der Waals surface area contributed by atoms with E-state index in [1.165, 1.54) is 11.1 Å². The number of hydrogen-bond donors (Lipinski definition) is 2. The zero-order valence-corrected chi connectivity index (χ0v) is 18.1. The molecule has 0 saturated heterocycles. The average molecular weight is 423 g/mol. The molecule has 4 rings (SSSR count). The van der Waals surface area contributed by atoms with Crippen LogP contribution in [0.25, 0.3) is 11.3 Å². The first-order valence-electron chi connectivity index (χ1n) is 10.8. The van der Waals surface area contributed by atoms with E-state index >= 15 is 0 Å². The van der Waals surface area contributed by atoms with Crippen LogP contribution in [0.1, 0.15) is 27.9 Å². The molecule has 0 radical (unpaired) electrons. The third-order valence-electron chi connectivity index (χ3n) is 5.15. The fraction of sp³-hybridized carbons (Fsp3) is 0.148. The van der Waals surface area contributed by atoms with E-state index < -0.39 is 0 Å². The summed E-state index contributed by atoms with van der Waals surface area (Å²) in [7, 11) is 0. The molecule has 0 unspecified atom stereocenters. The van der Waals surface area contributed by atoms with E-state index in [0.717, 1.165) is 29.8 Å². The molecule has 160 valence electrons. The monoisotopic (exact) mass is 422 g/mol. The lowest BCUT2D eigenvalue weighted by molar-refractivity contribution is 0.0953. The maximum absolute atomic E-state index is 12.6. The van der Waals surface area contributed by atoms with Crippen LogP contribution in [0.3, 0.4) is 0 Å². The van der Waals surface area contributed by atoms with Gasteiger partial charge in [-0.15, -0.1) is 0 Å². The third kappa shape index (κ3) is 5.79. The molecule has 0 aliphatic carbocycles. The van der Waals surface area contributed by atoms with Crippen molar-refractivity contribution in [1.29, 1.82) is 0 Å². The Morgan fingerprint density at radius 1 is 0.875 bits per heavy atom. The number of aromatic nitrogens is 2. The molecule has 0 bridgehead atoms. The van der Waals surface area contributed by atoms with Gasteiger partial charge >= 0.3 is 0 Å². The van der Waals surface area contributed by atoms with Gasteiger partial charge in [-0.3, -0.25) is 4.79 Å². The maximum Gasteiger partial charge on any atom is 0.251 e. The van der Waals surface area contributed by atoms with Crippen LogP contribution >= 0.6 is 0 Å². The number of amides is 1. The van der Waals surface area contributed by atoms with E-state index in [-0.39, 0.29) is 5.91 Å². The number of rotatable bonds is 8. The summed E-state index contributed by atoms with van der Waals surface area (Å²) in [6.45, 7) is 2.69. The summed E-state index contributed by atoms with van der Waals surface area (Å²) in [5, 5.41) is 6.29. The predicted molar refractivity (Wildman–Crippen MR) is 129 cm³/mol. The summed E-state index contributed by atoms with van der Waals surface area (Å²) < 4.78 is 0. The van der Waals surface area contributed by atoms with Crippen molar-refractivity contribution >= 4 is 17.4 Å². The van der Waals surface area contributed by atoms with Crippen molar-refractivity contribution in [2.75, 3.05) is 11.9 Å². The fourth-order valence-electron chi connectivity index (χ4n) is 3.52. The zero-order chi connectivity index (χ0) is 22.2. The predicted octanol–water partition coefficient (Wildman–Crippen LogP) is 5.56. The highest BCUT2D eigenvalue weighted by Crippen LogP contribution is 2.22. The third-order valence-corrected chi connectivity index (χ3v) is 5.15. The summed E-state index contributed by atoms with van der Waals surface area (Å²) in [6, 6.07) is 27.8. The van der Waals surface area contributed by atoms with E-state index in [0.29, 0.717) is 17.9 Å². The van der Waals surface area contributed by atoms with Gasteiger partial charge in [0.1, 0.15) is 12.1 Å².